The zero-order chi connectivity index (χ0) is 21.0. The summed E-state index contributed by atoms with van der Waals surface area (Å²) in [6.07, 6.45) is -2.05. The minimum absolute atomic E-state index is 0. The quantitative estimate of drug-likeness (QED) is 0.407. The van der Waals surface area contributed by atoms with E-state index in [1.807, 2.05) is 31.2 Å². The summed E-state index contributed by atoms with van der Waals surface area (Å²) in [5.74, 6) is -1.30. The molecule has 2 amide bonds. The van der Waals surface area contributed by atoms with Gasteiger partial charge in [0.1, 0.15) is 5.84 Å². The van der Waals surface area contributed by atoms with E-state index in [-0.39, 0.29) is 24.8 Å². The van der Waals surface area contributed by atoms with Crippen molar-refractivity contribution in [2.75, 3.05) is 23.4 Å². The van der Waals surface area contributed by atoms with Crippen LogP contribution in [0.2, 0.25) is 0 Å². The van der Waals surface area contributed by atoms with Gasteiger partial charge in [0, 0.05) is 23.5 Å². The van der Waals surface area contributed by atoms with Gasteiger partial charge in [0.2, 0.25) is 0 Å². The number of ether oxygens (including phenoxy) is 1. The van der Waals surface area contributed by atoms with Gasteiger partial charge in [-0.05, 0) is 48.4 Å². The van der Waals surface area contributed by atoms with Crippen molar-refractivity contribution in [2.45, 2.75) is 25.6 Å². The Kier molecular flexibility index (Phi) is 7.93. The van der Waals surface area contributed by atoms with E-state index in [1.54, 1.807) is 24.3 Å². The van der Waals surface area contributed by atoms with Gasteiger partial charge in [-0.1, -0.05) is 19.1 Å². The summed E-state index contributed by atoms with van der Waals surface area (Å²) in [5, 5.41) is 20.3. The van der Waals surface area contributed by atoms with E-state index in [0.29, 0.717) is 23.5 Å². The number of aryl methyl sites for hydroxylation is 1. The molecule has 0 saturated carbocycles. The Labute approximate surface area is 180 Å². The number of aliphatic hydroxyl groups is 1. The lowest BCUT2D eigenvalue weighted by atomic mass is 10.1. The van der Waals surface area contributed by atoms with Gasteiger partial charge in [-0.2, -0.15) is 0 Å². The van der Waals surface area contributed by atoms with Gasteiger partial charge in [-0.15, -0.1) is 12.4 Å². The fraction of sp³-hybridized carbons (Fsp3) is 0.286. The summed E-state index contributed by atoms with van der Waals surface area (Å²) in [6, 6.07) is 13.9. The Morgan fingerprint density at radius 1 is 1.27 bits per heavy atom. The number of morpholine rings is 1. The van der Waals surface area contributed by atoms with Gasteiger partial charge in [0.15, 0.2) is 12.2 Å². The van der Waals surface area contributed by atoms with Crippen LogP contribution in [0, 0.1) is 5.41 Å². The second kappa shape index (κ2) is 10.2. The molecule has 2 aromatic carbocycles. The van der Waals surface area contributed by atoms with Crippen molar-refractivity contribution >= 4 is 41.4 Å². The van der Waals surface area contributed by atoms with Crippen molar-refractivity contribution in [2.24, 2.45) is 5.73 Å². The number of aliphatic hydroxyl groups excluding tert-OH is 1. The van der Waals surface area contributed by atoms with Gasteiger partial charge >= 0.3 is 0 Å². The molecular formula is C21H25ClN4O4. The number of carbonyl (C=O) groups is 2. The van der Waals surface area contributed by atoms with Crippen LogP contribution in [-0.2, 0) is 20.7 Å². The van der Waals surface area contributed by atoms with Crippen molar-refractivity contribution < 1.29 is 19.4 Å². The molecule has 1 aliphatic heterocycles. The van der Waals surface area contributed by atoms with Crippen LogP contribution in [0.4, 0.5) is 11.4 Å². The fourth-order valence-corrected chi connectivity index (χ4v) is 3.09. The molecule has 9 heteroatoms. The maximum absolute atomic E-state index is 12.8. The van der Waals surface area contributed by atoms with E-state index in [9.17, 15) is 14.7 Å². The zero-order valence-corrected chi connectivity index (χ0v) is 17.3. The number of nitrogens with one attached hydrogen (secondary N) is 2. The molecule has 0 spiro atoms. The molecule has 1 fully saturated rings. The third-order valence-corrected chi connectivity index (χ3v) is 4.80. The van der Waals surface area contributed by atoms with Gasteiger partial charge in [0.25, 0.3) is 11.8 Å². The first-order valence-corrected chi connectivity index (χ1v) is 9.36. The third-order valence-electron chi connectivity index (χ3n) is 4.80. The molecule has 2 aromatic rings. The van der Waals surface area contributed by atoms with Crippen LogP contribution in [0.5, 0.6) is 0 Å². The first-order chi connectivity index (χ1) is 13.9. The standard InChI is InChI=1S/C21H24N4O4.ClH/c1-2-13-3-9-16(10-4-13)25-11-12-29-18(21(25)28)17(26)20(27)24-15-7-5-14(6-8-15)19(22)23;/h3-10,17-18,26H,2,11-12H2,1H3,(H3,22,23)(H,24,27);1H/t17-,18-;/m1./s1. The molecule has 0 unspecified atom stereocenters. The highest BCUT2D eigenvalue weighted by atomic mass is 35.5. The summed E-state index contributed by atoms with van der Waals surface area (Å²) in [5.41, 5.74) is 8.18. The Balaban J connectivity index is 0.00000320. The minimum atomic E-state index is -1.66. The molecule has 30 heavy (non-hydrogen) atoms. The molecule has 0 bridgehead atoms. The molecule has 1 heterocycles. The topological polar surface area (TPSA) is 129 Å². The summed E-state index contributed by atoms with van der Waals surface area (Å²) in [4.78, 5) is 26.8. The van der Waals surface area contributed by atoms with Crippen LogP contribution < -0.4 is 16.0 Å². The Bertz CT molecular complexity index is 902. The number of amidine groups is 1. The second-order valence-corrected chi connectivity index (χ2v) is 6.73. The van der Waals surface area contributed by atoms with Crippen molar-refractivity contribution in [1.82, 2.24) is 0 Å². The van der Waals surface area contributed by atoms with Crippen molar-refractivity contribution in [3.8, 4) is 0 Å². The summed E-state index contributed by atoms with van der Waals surface area (Å²) in [6.45, 7) is 2.61. The van der Waals surface area contributed by atoms with Crippen molar-refractivity contribution in [1.29, 1.82) is 5.41 Å². The van der Waals surface area contributed by atoms with E-state index in [1.165, 1.54) is 4.90 Å². The lowest BCUT2D eigenvalue weighted by Gasteiger charge is -2.34. The van der Waals surface area contributed by atoms with Crippen LogP contribution in [-0.4, -0.2) is 48.1 Å². The van der Waals surface area contributed by atoms with E-state index < -0.39 is 24.0 Å². The number of benzene rings is 2. The number of nitrogens with zero attached hydrogens (tertiary/aromatic N) is 1. The van der Waals surface area contributed by atoms with Crippen LogP contribution in [0.15, 0.2) is 48.5 Å². The summed E-state index contributed by atoms with van der Waals surface area (Å²) in [7, 11) is 0. The lowest BCUT2D eigenvalue weighted by molar-refractivity contribution is -0.150. The van der Waals surface area contributed by atoms with Gasteiger partial charge in [0.05, 0.1) is 6.61 Å². The molecule has 5 N–H and O–H groups in total. The molecule has 8 nitrogen and oxygen atoms in total. The minimum Gasteiger partial charge on any atom is -0.384 e. The molecule has 1 saturated heterocycles. The van der Waals surface area contributed by atoms with Crippen molar-refractivity contribution in [3.05, 3.63) is 59.7 Å². The molecule has 160 valence electrons. The normalized spacial score (nSPS) is 17.1. The van der Waals surface area contributed by atoms with E-state index in [4.69, 9.17) is 15.9 Å². The lowest BCUT2D eigenvalue weighted by Crippen LogP contribution is -2.55. The number of nitrogen functional groups attached to an aromatic ring is 1. The molecule has 2 atom stereocenters. The van der Waals surface area contributed by atoms with Gasteiger partial charge < -0.3 is 25.8 Å². The highest BCUT2D eigenvalue weighted by Gasteiger charge is 2.39. The highest BCUT2D eigenvalue weighted by Crippen LogP contribution is 2.22. The molecule has 0 radical (unpaired) electrons. The second-order valence-electron chi connectivity index (χ2n) is 6.73. The number of rotatable bonds is 6. The summed E-state index contributed by atoms with van der Waals surface area (Å²) < 4.78 is 5.41. The average molecular weight is 433 g/mol. The number of nitrogens with two attached hydrogens (primary N) is 1. The number of amides is 2. The number of hydrogen-bond acceptors (Lipinski definition) is 5. The highest BCUT2D eigenvalue weighted by molar-refractivity contribution is 6.04. The van der Waals surface area contributed by atoms with E-state index >= 15 is 0 Å². The molecular weight excluding hydrogens is 408 g/mol. The fourth-order valence-electron chi connectivity index (χ4n) is 3.09. The van der Waals surface area contributed by atoms with E-state index in [0.717, 1.165) is 12.0 Å². The largest absolute Gasteiger partial charge is 0.384 e. The molecule has 0 aromatic heterocycles. The Morgan fingerprint density at radius 2 is 1.90 bits per heavy atom. The number of hydrogen-bond donors (Lipinski definition) is 4. The maximum atomic E-state index is 12.8. The number of anilines is 2. The van der Waals surface area contributed by atoms with Crippen molar-refractivity contribution in [3.63, 3.8) is 0 Å². The predicted molar refractivity (Wildman–Crippen MR) is 117 cm³/mol. The van der Waals surface area contributed by atoms with Crippen LogP contribution >= 0.6 is 12.4 Å². The van der Waals surface area contributed by atoms with Crippen LogP contribution in [0.3, 0.4) is 0 Å². The molecule has 1 aliphatic rings. The van der Waals surface area contributed by atoms with Gasteiger partial charge in [-0.3, -0.25) is 15.0 Å². The predicted octanol–water partition coefficient (Wildman–Crippen LogP) is 1.69. The monoisotopic (exact) mass is 432 g/mol. The number of halogens is 1. The molecule has 0 aliphatic carbocycles. The SMILES string of the molecule is CCc1ccc(N2CCO[C@H]([C@@H](O)C(=O)Nc3ccc(C(=N)N)cc3)C2=O)cc1.Cl. The van der Waals surface area contributed by atoms with Crippen LogP contribution in [0.25, 0.3) is 0 Å². The number of carbonyl (C=O) groups excluding carboxylic acids is 2. The smallest absolute Gasteiger partial charge is 0.259 e. The first-order valence-electron chi connectivity index (χ1n) is 9.36. The Morgan fingerprint density at radius 3 is 2.47 bits per heavy atom. The molecule has 3 rings (SSSR count). The zero-order valence-electron chi connectivity index (χ0n) is 16.5. The average Bonchev–Trinajstić information content (AvgIpc) is 2.74. The van der Waals surface area contributed by atoms with Gasteiger partial charge in [-0.25, -0.2) is 0 Å². The summed E-state index contributed by atoms with van der Waals surface area (Å²) >= 11 is 0. The maximum Gasteiger partial charge on any atom is 0.259 e. The third kappa shape index (κ3) is 5.15. The van der Waals surface area contributed by atoms with Crippen LogP contribution in [0.1, 0.15) is 18.1 Å². The van der Waals surface area contributed by atoms with E-state index in [2.05, 4.69) is 5.32 Å². The Hall–Kier alpha value is -2.94. The first kappa shape index (κ1) is 23.3.